The Bertz CT molecular complexity index is 348. The number of nitrogens with one attached hydrogen (secondary N) is 1. The number of para-hydroxylation sites is 1. The summed E-state index contributed by atoms with van der Waals surface area (Å²) >= 11 is 0. The Morgan fingerprint density at radius 1 is 1.29 bits per heavy atom. The predicted molar refractivity (Wildman–Crippen MR) is 68.4 cm³/mol. The van der Waals surface area contributed by atoms with Crippen molar-refractivity contribution in [1.82, 2.24) is 5.32 Å². The number of ether oxygens (including phenoxy) is 2. The van der Waals surface area contributed by atoms with Crippen LogP contribution in [0.4, 0.5) is 0 Å². The van der Waals surface area contributed by atoms with Crippen LogP contribution in [0, 0.1) is 0 Å². The molecule has 1 N–H and O–H groups in total. The first kappa shape index (κ1) is 12.4. The van der Waals surface area contributed by atoms with E-state index in [4.69, 9.17) is 9.47 Å². The summed E-state index contributed by atoms with van der Waals surface area (Å²) in [4.78, 5) is 0. The number of hydrogen-bond acceptors (Lipinski definition) is 3. The molecule has 1 aromatic rings. The quantitative estimate of drug-likeness (QED) is 0.870. The third-order valence-corrected chi connectivity index (χ3v) is 3.28. The molecular weight excluding hydrogens is 214 g/mol. The second-order valence-corrected chi connectivity index (χ2v) is 4.48. The van der Waals surface area contributed by atoms with E-state index in [1.165, 1.54) is 5.56 Å². The smallest absolute Gasteiger partial charge is 0.124 e. The Morgan fingerprint density at radius 3 is 2.71 bits per heavy atom. The molecule has 1 aliphatic rings. The van der Waals surface area contributed by atoms with Crippen LogP contribution in [-0.4, -0.2) is 26.4 Å². The minimum Gasteiger partial charge on any atom is -0.490 e. The zero-order valence-electron chi connectivity index (χ0n) is 10.6. The van der Waals surface area contributed by atoms with Crippen molar-refractivity contribution >= 4 is 0 Å². The van der Waals surface area contributed by atoms with Gasteiger partial charge in [0.25, 0.3) is 0 Å². The van der Waals surface area contributed by atoms with Gasteiger partial charge in [0, 0.05) is 24.4 Å². The molecule has 0 aromatic heterocycles. The normalized spacial score (nSPS) is 18.9. The maximum atomic E-state index is 6.09. The minimum atomic E-state index is 0.300. The van der Waals surface area contributed by atoms with Gasteiger partial charge in [-0.25, -0.2) is 0 Å². The van der Waals surface area contributed by atoms with Gasteiger partial charge < -0.3 is 14.8 Å². The van der Waals surface area contributed by atoms with E-state index in [2.05, 4.69) is 30.4 Å². The molecule has 2 rings (SSSR count). The van der Waals surface area contributed by atoms with Crippen LogP contribution < -0.4 is 10.1 Å². The van der Waals surface area contributed by atoms with Crippen LogP contribution in [0.3, 0.4) is 0 Å². The molecule has 1 atom stereocenters. The number of benzene rings is 1. The van der Waals surface area contributed by atoms with Gasteiger partial charge in [0.05, 0.1) is 13.2 Å². The van der Waals surface area contributed by atoms with E-state index in [1.807, 2.05) is 13.1 Å². The van der Waals surface area contributed by atoms with E-state index < -0.39 is 0 Å². The fourth-order valence-electron chi connectivity index (χ4n) is 2.07. The highest BCUT2D eigenvalue weighted by molar-refractivity contribution is 5.35. The number of rotatable bonds is 4. The SMILES string of the molecule is CNC(C)c1ccccc1OC1CCOCC1. The van der Waals surface area contributed by atoms with Crippen molar-refractivity contribution in [2.24, 2.45) is 0 Å². The van der Waals surface area contributed by atoms with Gasteiger partial charge in [-0.3, -0.25) is 0 Å². The van der Waals surface area contributed by atoms with E-state index in [0.29, 0.717) is 12.1 Å². The average Bonchev–Trinajstić information content (AvgIpc) is 2.40. The Labute approximate surface area is 103 Å². The van der Waals surface area contributed by atoms with Gasteiger partial charge in [0.1, 0.15) is 11.9 Å². The van der Waals surface area contributed by atoms with Crippen molar-refractivity contribution in [3.8, 4) is 5.75 Å². The molecule has 0 saturated carbocycles. The molecule has 94 valence electrons. The molecule has 1 aliphatic heterocycles. The Balaban J connectivity index is 2.08. The maximum absolute atomic E-state index is 6.09. The average molecular weight is 235 g/mol. The molecule has 0 aliphatic carbocycles. The van der Waals surface area contributed by atoms with Crippen LogP contribution >= 0.6 is 0 Å². The molecule has 0 bridgehead atoms. The van der Waals surface area contributed by atoms with Gasteiger partial charge in [-0.15, -0.1) is 0 Å². The molecule has 0 amide bonds. The van der Waals surface area contributed by atoms with Crippen LogP contribution in [0.2, 0.25) is 0 Å². The lowest BCUT2D eigenvalue weighted by atomic mass is 10.1. The summed E-state index contributed by atoms with van der Waals surface area (Å²) in [5, 5.41) is 3.25. The third-order valence-electron chi connectivity index (χ3n) is 3.28. The first-order chi connectivity index (χ1) is 8.31. The zero-order valence-corrected chi connectivity index (χ0v) is 10.6. The highest BCUT2D eigenvalue weighted by atomic mass is 16.5. The second-order valence-electron chi connectivity index (χ2n) is 4.48. The van der Waals surface area contributed by atoms with Crippen LogP contribution in [0.15, 0.2) is 24.3 Å². The Hall–Kier alpha value is -1.06. The largest absolute Gasteiger partial charge is 0.490 e. The summed E-state index contributed by atoms with van der Waals surface area (Å²) in [7, 11) is 1.97. The van der Waals surface area contributed by atoms with Gasteiger partial charge in [-0.05, 0) is 20.0 Å². The van der Waals surface area contributed by atoms with Crippen LogP contribution in [0.5, 0.6) is 5.75 Å². The monoisotopic (exact) mass is 235 g/mol. The maximum Gasteiger partial charge on any atom is 0.124 e. The fraction of sp³-hybridized carbons (Fsp3) is 0.571. The fourth-order valence-corrected chi connectivity index (χ4v) is 2.07. The second kappa shape index (κ2) is 6.03. The molecule has 3 heteroatoms. The van der Waals surface area contributed by atoms with Gasteiger partial charge in [-0.2, -0.15) is 0 Å². The predicted octanol–water partition coefficient (Wildman–Crippen LogP) is 2.52. The van der Waals surface area contributed by atoms with Gasteiger partial charge in [0.15, 0.2) is 0 Å². The molecule has 1 heterocycles. The highest BCUT2D eigenvalue weighted by Gasteiger charge is 2.17. The molecule has 1 aromatic carbocycles. The summed E-state index contributed by atoms with van der Waals surface area (Å²) in [6.07, 6.45) is 2.28. The van der Waals surface area contributed by atoms with E-state index in [1.54, 1.807) is 0 Å². The lowest BCUT2D eigenvalue weighted by Crippen LogP contribution is -2.26. The molecule has 0 radical (unpaired) electrons. The molecule has 17 heavy (non-hydrogen) atoms. The first-order valence-electron chi connectivity index (χ1n) is 6.32. The molecule has 1 unspecified atom stereocenters. The van der Waals surface area contributed by atoms with Gasteiger partial charge in [0.2, 0.25) is 0 Å². The molecule has 1 fully saturated rings. The van der Waals surface area contributed by atoms with Crippen molar-refractivity contribution in [1.29, 1.82) is 0 Å². The van der Waals surface area contributed by atoms with E-state index in [0.717, 1.165) is 31.8 Å². The Kier molecular flexibility index (Phi) is 4.40. The molecule has 1 saturated heterocycles. The van der Waals surface area contributed by atoms with Crippen LogP contribution in [0.1, 0.15) is 31.4 Å². The lowest BCUT2D eigenvalue weighted by Gasteiger charge is -2.25. The van der Waals surface area contributed by atoms with Crippen molar-refractivity contribution in [2.45, 2.75) is 31.9 Å². The van der Waals surface area contributed by atoms with Crippen LogP contribution in [-0.2, 0) is 4.74 Å². The zero-order chi connectivity index (χ0) is 12.1. The molecule has 0 spiro atoms. The summed E-state index contributed by atoms with van der Waals surface area (Å²) < 4.78 is 11.4. The van der Waals surface area contributed by atoms with Crippen molar-refractivity contribution in [2.75, 3.05) is 20.3 Å². The topological polar surface area (TPSA) is 30.5 Å². The first-order valence-corrected chi connectivity index (χ1v) is 6.32. The molecular formula is C14H21NO2. The lowest BCUT2D eigenvalue weighted by molar-refractivity contribution is 0.0250. The van der Waals surface area contributed by atoms with E-state index in [9.17, 15) is 0 Å². The van der Waals surface area contributed by atoms with Crippen molar-refractivity contribution in [3.63, 3.8) is 0 Å². The Morgan fingerprint density at radius 2 is 2.00 bits per heavy atom. The summed E-state index contributed by atoms with van der Waals surface area (Å²) in [5.74, 6) is 1.00. The highest BCUT2D eigenvalue weighted by Crippen LogP contribution is 2.27. The van der Waals surface area contributed by atoms with Crippen LogP contribution in [0.25, 0.3) is 0 Å². The minimum absolute atomic E-state index is 0.300. The summed E-state index contributed by atoms with van der Waals surface area (Å²) in [6, 6.07) is 8.57. The summed E-state index contributed by atoms with van der Waals surface area (Å²) in [6.45, 7) is 3.77. The van der Waals surface area contributed by atoms with Crippen molar-refractivity contribution < 1.29 is 9.47 Å². The standard InChI is InChI=1S/C14H21NO2/c1-11(15-2)13-5-3-4-6-14(13)17-12-7-9-16-10-8-12/h3-6,11-12,15H,7-10H2,1-2H3. The van der Waals surface area contributed by atoms with E-state index in [-0.39, 0.29) is 0 Å². The van der Waals surface area contributed by atoms with Gasteiger partial charge >= 0.3 is 0 Å². The summed E-state index contributed by atoms with van der Waals surface area (Å²) in [5.41, 5.74) is 1.22. The third kappa shape index (κ3) is 3.20. The number of hydrogen-bond donors (Lipinski definition) is 1. The van der Waals surface area contributed by atoms with Crippen molar-refractivity contribution in [3.05, 3.63) is 29.8 Å². The van der Waals surface area contributed by atoms with E-state index >= 15 is 0 Å². The van der Waals surface area contributed by atoms with Gasteiger partial charge in [-0.1, -0.05) is 18.2 Å². The molecule has 3 nitrogen and oxygen atoms in total.